The molecule has 14 heavy (non-hydrogen) atoms. The lowest BCUT2D eigenvalue weighted by molar-refractivity contribution is -1.15. The van der Waals surface area contributed by atoms with Crippen LogP contribution in [0.15, 0.2) is 0 Å². The van der Waals surface area contributed by atoms with Gasteiger partial charge < -0.3 is 18.1 Å². The second-order valence-electron chi connectivity index (χ2n) is 5.11. The van der Waals surface area contributed by atoms with Crippen molar-refractivity contribution >= 4 is 5.91 Å². The van der Waals surface area contributed by atoms with Gasteiger partial charge in [-0.15, -0.1) is 0 Å². The number of carbonyl (C=O) groups excluding carboxylic acids is 1. The molecule has 0 saturated carbocycles. The van der Waals surface area contributed by atoms with Gasteiger partial charge >= 0.3 is 0 Å². The van der Waals surface area contributed by atoms with E-state index in [-0.39, 0.29) is 29.8 Å². The minimum absolute atomic E-state index is 0. The van der Waals surface area contributed by atoms with Gasteiger partial charge in [-0.1, -0.05) is 0 Å². The van der Waals surface area contributed by atoms with Crippen molar-refractivity contribution in [2.45, 2.75) is 45.2 Å². The molecule has 1 fully saturated rings. The standard InChI is InChI=1S/C9H18N2O2.ClH/c1-8(2)5-6(7(10)12)9(3,4)11(8)13;/h6,13H,5H2,1-4H3,(H2,10,12);1H. The van der Waals surface area contributed by atoms with Gasteiger partial charge in [0.2, 0.25) is 5.91 Å². The van der Waals surface area contributed by atoms with E-state index in [0.717, 1.165) is 0 Å². The summed E-state index contributed by atoms with van der Waals surface area (Å²) in [5.41, 5.74) is 4.53. The van der Waals surface area contributed by atoms with Gasteiger partial charge in [-0.2, -0.15) is 5.06 Å². The van der Waals surface area contributed by atoms with Crippen LogP contribution in [0, 0.1) is 5.92 Å². The van der Waals surface area contributed by atoms with Crippen LogP contribution in [0.1, 0.15) is 34.1 Å². The number of quaternary nitrogens is 1. The quantitative estimate of drug-likeness (QED) is 0.428. The molecule has 5 heteroatoms. The zero-order valence-corrected chi connectivity index (χ0v) is 9.85. The Morgan fingerprint density at radius 3 is 2.00 bits per heavy atom. The monoisotopic (exact) mass is 222 g/mol. The first kappa shape index (κ1) is 13.7. The molecule has 1 heterocycles. The molecule has 0 aliphatic carbocycles. The predicted octanol–water partition coefficient (Wildman–Crippen LogP) is -3.67. The highest BCUT2D eigenvalue weighted by Gasteiger charge is 2.58. The highest BCUT2D eigenvalue weighted by atomic mass is 35.5. The number of rotatable bonds is 1. The first-order valence-electron chi connectivity index (χ1n) is 4.56. The fraction of sp³-hybridized carbons (Fsp3) is 0.889. The molecule has 1 aliphatic heterocycles. The normalized spacial score (nSPS) is 33.5. The van der Waals surface area contributed by atoms with Gasteiger partial charge in [0.15, 0.2) is 0 Å². The van der Waals surface area contributed by atoms with Crippen molar-refractivity contribution in [3.05, 3.63) is 0 Å². The third kappa shape index (κ3) is 1.87. The van der Waals surface area contributed by atoms with Crippen LogP contribution in [-0.2, 0) is 4.79 Å². The second-order valence-corrected chi connectivity index (χ2v) is 5.11. The maximum absolute atomic E-state index is 11.1. The number of amides is 1. The van der Waals surface area contributed by atoms with Crippen molar-refractivity contribution in [2.24, 2.45) is 11.7 Å². The molecule has 1 saturated heterocycles. The van der Waals surface area contributed by atoms with E-state index in [4.69, 9.17) is 5.73 Å². The van der Waals surface area contributed by atoms with Crippen molar-refractivity contribution in [2.75, 3.05) is 0 Å². The minimum Gasteiger partial charge on any atom is -1.00 e. The van der Waals surface area contributed by atoms with Gasteiger partial charge in [-0.25, -0.2) is 5.21 Å². The number of halogens is 1. The van der Waals surface area contributed by atoms with E-state index in [1.165, 1.54) is 0 Å². The fourth-order valence-electron chi connectivity index (χ4n) is 2.36. The van der Waals surface area contributed by atoms with Crippen molar-refractivity contribution in [1.82, 2.24) is 0 Å². The molecule has 0 radical (unpaired) electrons. The summed E-state index contributed by atoms with van der Waals surface area (Å²) in [6.45, 7) is 7.61. The van der Waals surface area contributed by atoms with Crippen LogP contribution in [0.2, 0.25) is 0 Å². The first-order valence-corrected chi connectivity index (χ1v) is 4.56. The average Bonchev–Trinajstić information content (AvgIpc) is 2.11. The Bertz CT molecular complexity index is 241. The molecule has 1 rings (SSSR count). The lowest BCUT2D eigenvalue weighted by Crippen LogP contribution is -3.21. The molecule has 0 aromatic rings. The lowest BCUT2D eigenvalue weighted by Gasteiger charge is -2.30. The molecule has 84 valence electrons. The van der Waals surface area contributed by atoms with Crippen molar-refractivity contribution in [1.29, 1.82) is 0 Å². The number of carbonyl (C=O) groups is 1. The Labute approximate surface area is 90.8 Å². The smallest absolute Gasteiger partial charge is 0.227 e. The summed E-state index contributed by atoms with van der Waals surface area (Å²) < 4.78 is 0. The molecule has 4 N–H and O–H groups in total. The van der Waals surface area contributed by atoms with E-state index in [2.05, 4.69) is 0 Å². The largest absolute Gasteiger partial charge is 1.00 e. The molecule has 1 aliphatic rings. The van der Waals surface area contributed by atoms with Crippen LogP contribution in [-0.4, -0.2) is 22.2 Å². The maximum atomic E-state index is 11.1. The summed E-state index contributed by atoms with van der Waals surface area (Å²) in [6, 6.07) is 0. The average molecular weight is 223 g/mol. The van der Waals surface area contributed by atoms with E-state index in [9.17, 15) is 10.0 Å². The molecule has 4 nitrogen and oxygen atoms in total. The van der Waals surface area contributed by atoms with E-state index in [1.54, 1.807) is 0 Å². The van der Waals surface area contributed by atoms with Gasteiger partial charge in [0.25, 0.3) is 0 Å². The Balaban J connectivity index is 0.00000169. The van der Waals surface area contributed by atoms with E-state index < -0.39 is 5.54 Å². The van der Waals surface area contributed by atoms with Crippen LogP contribution < -0.4 is 23.2 Å². The number of hydrogen-bond acceptors (Lipinski definition) is 2. The van der Waals surface area contributed by atoms with Crippen molar-refractivity contribution < 1.29 is 27.5 Å². The minimum atomic E-state index is -0.477. The van der Waals surface area contributed by atoms with E-state index in [0.29, 0.717) is 11.5 Å². The third-order valence-electron chi connectivity index (χ3n) is 3.18. The van der Waals surface area contributed by atoms with Crippen LogP contribution in [0.5, 0.6) is 0 Å². The molecule has 0 bridgehead atoms. The Hall–Kier alpha value is -0.320. The van der Waals surface area contributed by atoms with E-state index in [1.807, 2.05) is 27.7 Å². The Morgan fingerprint density at radius 2 is 1.86 bits per heavy atom. The van der Waals surface area contributed by atoms with Gasteiger partial charge in [0, 0.05) is 6.42 Å². The molecule has 0 aromatic carbocycles. The molecule has 2 atom stereocenters. The zero-order valence-electron chi connectivity index (χ0n) is 9.10. The van der Waals surface area contributed by atoms with Crippen molar-refractivity contribution in [3.8, 4) is 0 Å². The Kier molecular flexibility index (Phi) is 3.60. The van der Waals surface area contributed by atoms with Crippen LogP contribution in [0.3, 0.4) is 0 Å². The fourth-order valence-corrected chi connectivity index (χ4v) is 2.36. The SMILES string of the molecule is CC1(C)CC(C(N)=O)C(C)(C)[NH+]1O.[Cl-]. The third-order valence-corrected chi connectivity index (χ3v) is 3.18. The summed E-state index contributed by atoms with van der Waals surface area (Å²) in [5, 5.41) is 10.3. The van der Waals surface area contributed by atoms with E-state index >= 15 is 0 Å². The summed E-state index contributed by atoms with van der Waals surface area (Å²) in [7, 11) is 0. The number of hydroxylamine groups is 2. The predicted molar refractivity (Wildman–Crippen MR) is 48.2 cm³/mol. The summed E-state index contributed by atoms with van der Waals surface area (Å²) in [6.07, 6.45) is 0.640. The highest BCUT2D eigenvalue weighted by molar-refractivity contribution is 5.78. The molecular formula is C9H19ClN2O2. The molecule has 1 amide bonds. The number of nitrogens with one attached hydrogen (secondary N) is 1. The molecule has 0 spiro atoms. The van der Waals surface area contributed by atoms with Gasteiger partial charge in [-0.05, 0) is 27.7 Å². The van der Waals surface area contributed by atoms with Crippen LogP contribution in [0.4, 0.5) is 0 Å². The van der Waals surface area contributed by atoms with Gasteiger partial charge in [0.1, 0.15) is 17.0 Å². The van der Waals surface area contributed by atoms with Gasteiger partial charge in [0.05, 0.1) is 0 Å². The first-order chi connectivity index (χ1) is 5.69. The van der Waals surface area contributed by atoms with Crippen molar-refractivity contribution in [3.63, 3.8) is 0 Å². The highest BCUT2D eigenvalue weighted by Crippen LogP contribution is 2.29. The summed E-state index contributed by atoms with van der Waals surface area (Å²) in [4.78, 5) is 11.1. The number of hydrogen-bond donors (Lipinski definition) is 3. The summed E-state index contributed by atoms with van der Waals surface area (Å²) >= 11 is 0. The molecule has 2 unspecified atom stereocenters. The van der Waals surface area contributed by atoms with Crippen LogP contribution in [0.25, 0.3) is 0 Å². The summed E-state index contributed by atoms with van der Waals surface area (Å²) in [5.74, 6) is -0.565. The maximum Gasteiger partial charge on any atom is 0.227 e. The van der Waals surface area contributed by atoms with Crippen LogP contribution >= 0.6 is 0 Å². The number of primary amides is 1. The molecular weight excluding hydrogens is 204 g/mol. The number of nitrogens with two attached hydrogens (primary N) is 1. The zero-order chi connectivity index (χ0) is 10.4. The topological polar surface area (TPSA) is 67.8 Å². The van der Waals surface area contributed by atoms with Gasteiger partial charge in [-0.3, -0.25) is 4.79 Å². The lowest BCUT2D eigenvalue weighted by atomic mass is 9.86. The molecule has 0 aromatic heterocycles. The second kappa shape index (κ2) is 3.68. The Morgan fingerprint density at radius 1 is 1.43 bits per heavy atom.